The van der Waals surface area contributed by atoms with Crippen LogP contribution in [-0.4, -0.2) is 30.8 Å². The summed E-state index contributed by atoms with van der Waals surface area (Å²) in [5.41, 5.74) is 2.09. The van der Waals surface area contributed by atoms with Crippen LogP contribution in [0.4, 0.5) is 30.5 Å². The number of imidazole rings is 1. The minimum absolute atomic E-state index is 0.000204. The molecular formula is C27H20F3N7O. The number of halogens is 3. The number of aromatic nitrogens is 5. The highest BCUT2D eigenvalue weighted by molar-refractivity contribution is 6.05. The van der Waals surface area contributed by atoms with Crippen LogP contribution >= 0.6 is 0 Å². The molecule has 5 rings (SSSR count). The van der Waals surface area contributed by atoms with Crippen molar-refractivity contribution in [2.45, 2.75) is 13.1 Å². The van der Waals surface area contributed by atoms with Crippen molar-refractivity contribution in [3.63, 3.8) is 0 Å². The fourth-order valence-corrected chi connectivity index (χ4v) is 3.79. The Kier molecular flexibility index (Phi) is 6.56. The molecule has 3 aromatic heterocycles. The molecule has 0 radical (unpaired) electrons. The Morgan fingerprint density at radius 1 is 0.974 bits per heavy atom. The quantitative estimate of drug-likeness (QED) is 0.247. The number of carbonyl (C=O) groups excluding carboxylic acids is 1. The Bertz CT molecular complexity index is 1590. The van der Waals surface area contributed by atoms with Gasteiger partial charge in [-0.15, -0.1) is 0 Å². The van der Waals surface area contributed by atoms with Gasteiger partial charge in [-0.2, -0.15) is 13.2 Å². The fourth-order valence-electron chi connectivity index (χ4n) is 3.79. The summed E-state index contributed by atoms with van der Waals surface area (Å²) in [4.78, 5) is 32.4. The van der Waals surface area contributed by atoms with Gasteiger partial charge >= 0.3 is 6.18 Å². The van der Waals surface area contributed by atoms with Gasteiger partial charge in [0.25, 0.3) is 5.91 Å². The second kappa shape index (κ2) is 10.1. The van der Waals surface area contributed by atoms with E-state index in [1.54, 1.807) is 48.9 Å². The highest BCUT2D eigenvalue weighted by atomic mass is 19.4. The first-order valence-corrected chi connectivity index (χ1v) is 11.4. The van der Waals surface area contributed by atoms with Crippen LogP contribution < -0.4 is 10.6 Å². The minimum Gasteiger partial charge on any atom is -0.345 e. The second-order valence-electron chi connectivity index (χ2n) is 8.31. The van der Waals surface area contributed by atoms with Crippen LogP contribution in [0.5, 0.6) is 0 Å². The number of benzene rings is 2. The molecule has 8 nitrogen and oxygen atoms in total. The lowest BCUT2D eigenvalue weighted by molar-refractivity contribution is -0.137. The molecule has 0 saturated carbocycles. The normalized spacial score (nSPS) is 11.3. The predicted molar refractivity (Wildman–Crippen MR) is 137 cm³/mol. The maximum Gasteiger partial charge on any atom is 0.417 e. The zero-order chi connectivity index (χ0) is 26.7. The number of nitrogens with one attached hydrogen (secondary N) is 3. The lowest BCUT2D eigenvalue weighted by Crippen LogP contribution is -2.14. The number of amides is 1. The Morgan fingerprint density at radius 2 is 1.84 bits per heavy atom. The van der Waals surface area contributed by atoms with Crippen LogP contribution in [0.25, 0.3) is 22.6 Å². The van der Waals surface area contributed by atoms with E-state index >= 15 is 0 Å². The average molecular weight is 515 g/mol. The van der Waals surface area contributed by atoms with Crippen molar-refractivity contribution in [1.82, 2.24) is 24.9 Å². The third-order valence-corrected chi connectivity index (χ3v) is 5.70. The summed E-state index contributed by atoms with van der Waals surface area (Å²) in [6.07, 6.45) is 3.12. The van der Waals surface area contributed by atoms with Crippen molar-refractivity contribution in [2.24, 2.45) is 0 Å². The van der Waals surface area contributed by atoms with Crippen LogP contribution in [0.3, 0.4) is 0 Å². The highest BCUT2D eigenvalue weighted by Gasteiger charge is 2.34. The Labute approximate surface area is 215 Å². The van der Waals surface area contributed by atoms with E-state index in [0.29, 0.717) is 17.3 Å². The van der Waals surface area contributed by atoms with Gasteiger partial charge in [0.2, 0.25) is 5.95 Å². The number of hydrogen-bond donors (Lipinski definition) is 3. The average Bonchev–Trinajstić information content (AvgIpc) is 3.45. The number of nitrogens with zero attached hydrogens (tertiary/aromatic N) is 4. The van der Waals surface area contributed by atoms with Gasteiger partial charge in [-0.1, -0.05) is 6.07 Å². The van der Waals surface area contributed by atoms with E-state index in [9.17, 15) is 18.0 Å². The van der Waals surface area contributed by atoms with Gasteiger partial charge in [0.1, 0.15) is 5.82 Å². The van der Waals surface area contributed by atoms with Gasteiger partial charge < -0.3 is 15.6 Å². The van der Waals surface area contributed by atoms with Crippen LogP contribution in [0, 0.1) is 6.92 Å². The summed E-state index contributed by atoms with van der Waals surface area (Å²) in [6.45, 7) is 1.85. The highest BCUT2D eigenvalue weighted by Crippen LogP contribution is 2.37. The molecule has 190 valence electrons. The number of hydrogen-bond acceptors (Lipinski definition) is 6. The zero-order valence-corrected chi connectivity index (χ0v) is 19.9. The molecular weight excluding hydrogens is 495 g/mol. The maximum absolute atomic E-state index is 13.7. The Morgan fingerprint density at radius 3 is 2.58 bits per heavy atom. The fraction of sp³-hybridized carbons (Fsp3) is 0.0741. The first-order valence-electron chi connectivity index (χ1n) is 11.4. The second-order valence-corrected chi connectivity index (χ2v) is 8.31. The molecule has 0 fully saturated rings. The monoisotopic (exact) mass is 515 g/mol. The van der Waals surface area contributed by atoms with E-state index in [1.165, 1.54) is 24.5 Å². The number of rotatable bonds is 6. The summed E-state index contributed by atoms with van der Waals surface area (Å²) in [5.74, 6) is -0.174. The first-order chi connectivity index (χ1) is 18.3. The largest absolute Gasteiger partial charge is 0.417 e. The molecule has 3 N–H and O–H groups in total. The molecule has 5 aromatic rings. The molecule has 0 aliphatic rings. The molecule has 1 amide bonds. The van der Waals surface area contributed by atoms with Gasteiger partial charge in [0.05, 0.1) is 11.3 Å². The van der Waals surface area contributed by atoms with Crippen molar-refractivity contribution >= 4 is 23.2 Å². The number of pyridine rings is 1. The number of aromatic amines is 1. The molecule has 0 bridgehead atoms. The molecule has 0 spiro atoms. The third-order valence-electron chi connectivity index (χ3n) is 5.70. The van der Waals surface area contributed by atoms with Crippen LogP contribution in [0.1, 0.15) is 21.5 Å². The lowest BCUT2D eigenvalue weighted by atomic mass is 10.0. The number of aryl methyl sites for hydroxylation is 1. The topological polar surface area (TPSA) is 108 Å². The standard InChI is InChI=1S/C27H20F3N7O/c1-16-4-5-17(13-23(16)37-26-34-10-8-22(36-26)18-3-2-9-31-15-18)25(38)35-19-6-7-20(24-32-11-12-33-24)21(14-19)27(28,29)30/h2-15H,1H3,(H,32,33)(H,35,38)(H,34,36,37). The van der Waals surface area contributed by atoms with E-state index in [1.807, 2.05) is 13.0 Å². The summed E-state index contributed by atoms with van der Waals surface area (Å²) in [6, 6.07) is 13.9. The molecule has 0 saturated heterocycles. The van der Waals surface area contributed by atoms with E-state index < -0.39 is 17.6 Å². The van der Waals surface area contributed by atoms with E-state index in [0.717, 1.165) is 17.2 Å². The SMILES string of the molecule is Cc1ccc(C(=O)Nc2ccc(-c3ncc[nH]3)c(C(F)(F)F)c2)cc1Nc1nccc(-c2cccnc2)n1. The van der Waals surface area contributed by atoms with Crippen molar-refractivity contribution < 1.29 is 18.0 Å². The third kappa shape index (κ3) is 5.36. The molecule has 3 heterocycles. The van der Waals surface area contributed by atoms with Crippen molar-refractivity contribution in [1.29, 1.82) is 0 Å². The molecule has 2 aromatic carbocycles. The van der Waals surface area contributed by atoms with Gasteiger partial charge in [0, 0.05) is 59.0 Å². The molecule has 11 heteroatoms. The summed E-state index contributed by atoms with van der Waals surface area (Å²) >= 11 is 0. The predicted octanol–water partition coefficient (Wildman–Crippen LogP) is 6.25. The molecule has 0 aliphatic carbocycles. The zero-order valence-electron chi connectivity index (χ0n) is 19.9. The lowest BCUT2D eigenvalue weighted by Gasteiger charge is -2.15. The molecule has 38 heavy (non-hydrogen) atoms. The number of anilines is 3. The number of carbonyl (C=O) groups is 1. The molecule has 0 atom stereocenters. The van der Waals surface area contributed by atoms with Crippen LogP contribution in [0.2, 0.25) is 0 Å². The van der Waals surface area contributed by atoms with Crippen molar-refractivity contribution in [2.75, 3.05) is 10.6 Å². The van der Waals surface area contributed by atoms with Gasteiger partial charge in [-0.05, 0) is 61.0 Å². The van der Waals surface area contributed by atoms with E-state index in [-0.39, 0.29) is 22.6 Å². The summed E-state index contributed by atoms with van der Waals surface area (Å²) in [7, 11) is 0. The van der Waals surface area contributed by atoms with E-state index in [2.05, 4.69) is 35.6 Å². The smallest absolute Gasteiger partial charge is 0.345 e. The van der Waals surface area contributed by atoms with Crippen LogP contribution in [0.15, 0.2) is 85.6 Å². The minimum atomic E-state index is -4.64. The first kappa shape index (κ1) is 24.6. The Balaban J connectivity index is 1.38. The maximum atomic E-state index is 13.7. The molecule has 0 aliphatic heterocycles. The Hall–Kier alpha value is -5.06. The van der Waals surface area contributed by atoms with Crippen LogP contribution in [-0.2, 0) is 6.18 Å². The van der Waals surface area contributed by atoms with E-state index in [4.69, 9.17) is 0 Å². The van der Waals surface area contributed by atoms with Gasteiger partial charge in [0.15, 0.2) is 0 Å². The van der Waals surface area contributed by atoms with Gasteiger partial charge in [-0.3, -0.25) is 9.78 Å². The molecule has 0 unspecified atom stereocenters. The summed E-state index contributed by atoms with van der Waals surface area (Å²) < 4.78 is 41.2. The summed E-state index contributed by atoms with van der Waals surface area (Å²) in [5, 5.41) is 5.66. The number of alkyl halides is 3. The van der Waals surface area contributed by atoms with Crippen molar-refractivity contribution in [3.8, 4) is 22.6 Å². The van der Waals surface area contributed by atoms with Gasteiger partial charge in [-0.25, -0.2) is 15.0 Å². The van der Waals surface area contributed by atoms with Crippen molar-refractivity contribution in [3.05, 3.63) is 102 Å². The number of H-pyrrole nitrogens is 1.